The number of aryl methyl sites for hydroxylation is 1. The summed E-state index contributed by atoms with van der Waals surface area (Å²) in [5.41, 5.74) is 1.10. The van der Waals surface area contributed by atoms with Crippen LogP contribution in [-0.2, 0) is 6.42 Å². The molecular formula is C23H32O4. The SMILES string of the molecule is CCCCCCC#CCCCCCCCc1ccc2c(c1C(=O)O)OCO2. The zero-order valence-corrected chi connectivity index (χ0v) is 16.5. The van der Waals surface area contributed by atoms with Crippen LogP contribution < -0.4 is 9.47 Å². The largest absolute Gasteiger partial charge is 0.478 e. The van der Waals surface area contributed by atoms with Crippen molar-refractivity contribution in [3.63, 3.8) is 0 Å². The molecule has 0 unspecified atom stereocenters. The molecule has 4 nitrogen and oxygen atoms in total. The van der Waals surface area contributed by atoms with E-state index in [-0.39, 0.29) is 12.4 Å². The molecule has 148 valence electrons. The maximum atomic E-state index is 11.6. The number of benzene rings is 1. The third-order valence-corrected chi connectivity index (χ3v) is 4.87. The van der Waals surface area contributed by atoms with E-state index in [9.17, 15) is 9.90 Å². The Bertz CT molecular complexity index is 654. The smallest absolute Gasteiger partial charge is 0.339 e. The van der Waals surface area contributed by atoms with Crippen molar-refractivity contribution >= 4 is 5.97 Å². The second-order valence-corrected chi connectivity index (χ2v) is 7.07. The van der Waals surface area contributed by atoms with Crippen molar-refractivity contribution in [2.75, 3.05) is 6.79 Å². The number of rotatable bonds is 12. The van der Waals surface area contributed by atoms with Crippen molar-refractivity contribution in [3.05, 3.63) is 23.3 Å². The quantitative estimate of drug-likeness (QED) is 0.363. The Morgan fingerprint density at radius 1 is 0.963 bits per heavy atom. The molecule has 0 saturated heterocycles. The van der Waals surface area contributed by atoms with Gasteiger partial charge in [-0.15, -0.1) is 11.8 Å². The number of hydrogen-bond donors (Lipinski definition) is 1. The number of carboxylic acids is 1. The van der Waals surface area contributed by atoms with Gasteiger partial charge in [-0.25, -0.2) is 4.79 Å². The van der Waals surface area contributed by atoms with Gasteiger partial charge < -0.3 is 14.6 Å². The van der Waals surface area contributed by atoms with E-state index in [2.05, 4.69) is 18.8 Å². The molecule has 0 radical (unpaired) electrons. The van der Waals surface area contributed by atoms with Crippen LogP contribution >= 0.6 is 0 Å². The van der Waals surface area contributed by atoms with Gasteiger partial charge in [-0.2, -0.15) is 0 Å². The molecule has 1 aromatic rings. The first kappa shape index (κ1) is 21.2. The summed E-state index contributed by atoms with van der Waals surface area (Å²) in [6.45, 7) is 2.33. The average Bonchev–Trinajstić information content (AvgIpc) is 3.13. The van der Waals surface area contributed by atoms with Gasteiger partial charge in [-0.1, -0.05) is 51.5 Å². The van der Waals surface area contributed by atoms with Gasteiger partial charge in [0.25, 0.3) is 0 Å². The van der Waals surface area contributed by atoms with Crippen LogP contribution in [0.15, 0.2) is 12.1 Å². The van der Waals surface area contributed by atoms with E-state index in [1.54, 1.807) is 0 Å². The van der Waals surface area contributed by atoms with Crippen LogP contribution in [0.2, 0.25) is 0 Å². The molecule has 27 heavy (non-hydrogen) atoms. The predicted octanol–water partition coefficient (Wildman–Crippen LogP) is 5.97. The first-order chi connectivity index (χ1) is 13.2. The van der Waals surface area contributed by atoms with Crippen LogP contribution in [0.25, 0.3) is 0 Å². The standard InChI is InChI=1S/C23H32O4/c1-2-3-4-5-6-7-8-9-10-11-12-13-14-15-19-16-17-20-22(27-18-26-20)21(19)23(24)25/h16-17H,2-6,9-15,18H2,1H3,(H,24,25). The fourth-order valence-corrected chi connectivity index (χ4v) is 3.33. The highest BCUT2D eigenvalue weighted by Gasteiger charge is 2.24. The van der Waals surface area contributed by atoms with Crippen LogP contribution in [0.3, 0.4) is 0 Å². The van der Waals surface area contributed by atoms with E-state index in [0.717, 1.165) is 44.1 Å². The van der Waals surface area contributed by atoms with Gasteiger partial charge in [-0.05, 0) is 37.3 Å². The lowest BCUT2D eigenvalue weighted by Crippen LogP contribution is -2.05. The molecule has 0 fully saturated rings. The molecule has 0 aromatic heterocycles. The summed E-state index contributed by atoms with van der Waals surface area (Å²) >= 11 is 0. The number of unbranched alkanes of at least 4 members (excludes halogenated alkanes) is 9. The lowest BCUT2D eigenvalue weighted by molar-refractivity contribution is 0.0691. The lowest BCUT2D eigenvalue weighted by Gasteiger charge is -2.09. The third-order valence-electron chi connectivity index (χ3n) is 4.87. The molecule has 1 aliphatic rings. The summed E-state index contributed by atoms with van der Waals surface area (Å²) in [6, 6.07) is 3.66. The maximum Gasteiger partial charge on any atom is 0.339 e. The monoisotopic (exact) mass is 372 g/mol. The van der Waals surface area contributed by atoms with Crippen LogP contribution in [0.4, 0.5) is 0 Å². The zero-order chi connectivity index (χ0) is 19.3. The van der Waals surface area contributed by atoms with E-state index < -0.39 is 5.97 Å². The summed E-state index contributed by atoms with van der Waals surface area (Å²) < 4.78 is 10.6. The van der Waals surface area contributed by atoms with E-state index >= 15 is 0 Å². The number of aromatic carboxylic acids is 1. The number of carbonyl (C=O) groups is 1. The molecule has 0 aliphatic carbocycles. The Balaban J connectivity index is 1.59. The van der Waals surface area contributed by atoms with Gasteiger partial charge in [0.05, 0.1) is 0 Å². The molecule has 1 aliphatic heterocycles. The minimum atomic E-state index is -0.944. The highest BCUT2D eigenvalue weighted by molar-refractivity contribution is 5.94. The van der Waals surface area contributed by atoms with E-state index in [0.29, 0.717) is 11.5 Å². The number of ether oxygens (including phenoxy) is 2. The fourth-order valence-electron chi connectivity index (χ4n) is 3.33. The van der Waals surface area contributed by atoms with Crippen molar-refractivity contribution in [1.29, 1.82) is 0 Å². The Labute approximate surface area is 163 Å². The van der Waals surface area contributed by atoms with Crippen molar-refractivity contribution in [2.45, 2.75) is 84.0 Å². The Kier molecular flexibility index (Phi) is 9.62. The van der Waals surface area contributed by atoms with Gasteiger partial charge in [0.2, 0.25) is 6.79 Å². The van der Waals surface area contributed by atoms with Crippen LogP contribution in [0.1, 0.15) is 93.5 Å². The van der Waals surface area contributed by atoms with Gasteiger partial charge in [0, 0.05) is 12.8 Å². The first-order valence-corrected chi connectivity index (χ1v) is 10.3. The summed E-state index contributed by atoms with van der Waals surface area (Å²) in [5.74, 6) is 6.53. The Hall–Kier alpha value is -2.15. The average molecular weight is 373 g/mol. The molecule has 0 spiro atoms. The van der Waals surface area contributed by atoms with Gasteiger partial charge in [0.1, 0.15) is 5.56 Å². The van der Waals surface area contributed by atoms with E-state index in [1.165, 1.54) is 38.5 Å². The van der Waals surface area contributed by atoms with Crippen LogP contribution in [0.5, 0.6) is 11.5 Å². The normalized spacial score (nSPS) is 11.9. The molecule has 1 N–H and O–H groups in total. The van der Waals surface area contributed by atoms with Crippen molar-refractivity contribution < 1.29 is 19.4 Å². The van der Waals surface area contributed by atoms with Crippen LogP contribution in [-0.4, -0.2) is 17.9 Å². The minimum absolute atomic E-state index is 0.0979. The summed E-state index contributed by atoms with van der Waals surface area (Å²) in [6.07, 6.45) is 13.6. The van der Waals surface area contributed by atoms with Crippen LogP contribution in [0, 0.1) is 11.8 Å². The summed E-state index contributed by atoms with van der Waals surface area (Å²) in [7, 11) is 0. The van der Waals surface area contributed by atoms with Gasteiger partial charge in [-0.3, -0.25) is 0 Å². The Morgan fingerprint density at radius 2 is 1.63 bits per heavy atom. The second-order valence-electron chi connectivity index (χ2n) is 7.07. The first-order valence-electron chi connectivity index (χ1n) is 10.3. The molecule has 0 saturated carbocycles. The summed E-state index contributed by atoms with van der Waals surface area (Å²) in [4.78, 5) is 11.6. The molecule has 0 bridgehead atoms. The van der Waals surface area contributed by atoms with Gasteiger partial charge in [0.15, 0.2) is 11.5 Å². The molecule has 0 atom stereocenters. The van der Waals surface area contributed by atoms with Gasteiger partial charge >= 0.3 is 5.97 Å². The van der Waals surface area contributed by atoms with Crippen molar-refractivity contribution in [3.8, 4) is 23.3 Å². The Morgan fingerprint density at radius 3 is 2.33 bits per heavy atom. The molecular weight excluding hydrogens is 340 g/mol. The van der Waals surface area contributed by atoms with E-state index in [4.69, 9.17) is 9.47 Å². The molecule has 4 heteroatoms. The fraction of sp³-hybridized carbons (Fsp3) is 0.609. The lowest BCUT2D eigenvalue weighted by atomic mass is 9.99. The molecule has 2 rings (SSSR count). The predicted molar refractivity (Wildman–Crippen MR) is 107 cm³/mol. The topological polar surface area (TPSA) is 55.8 Å². The maximum absolute atomic E-state index is 11.6. The molecule has 0 amide bonds. The highest BCUT2D eigenvalue weighted by atomic mass is 16.7. The second kappa shape index (κ2) is 12.3. The number of hydrogen-bond acceptors (Lipinski definition) is 3. The third kappa shape index (κ3) is 7.17. The minimum Gasteiger partial charge on any atom is -0.478 e. The zero-order valence-electron chi connectivity index (χ0n) is 16.5. The van der Waals surface area contributed by atoms with Crippen molar-refractivity contribution in [1.82, 2.24) is 0 Å². The molecule has 1 aromatic carbocycles. The summed E-state index contributed by atoms with van der Waals surface area (Å²) in [5, 5.41) is 9.49. The van der Waals surface area contributed by atoms with E-state index in [1.807, 2.05) is 12.1 Å². The highest BCUT2D eigenvalue weighted by Crippen LogP contribution is 2.38. The number of carboxylic acid groups (broad SMARTS) is 1. The van der Waals surface area contributed by atoms with Crippen molar-refractivity contribution in [2.24, 2.45) is 0 Å². The number of fused-ring (bicyclic) bond motifs is 1. The molecule has 1 heterocycles.